The van der Waals surface area contributed by atoms with Crippen molar-refractivity contribution in [3.05, 3.63) is 44.0 Å². The Morgan fingerprint density at radius 2 is 1.71 bits per heavy atom. The summed E-state index contributed by atoms with van der Waals surface area (Å²) < 4.78 is 0. The first-order valence-electron chi connectivity index (χ1n) is 3.42. The monoisotopic (exact) mass is 206 g/mol. The molecule has 0 amide bonds. The fourth-order valence-corrected chi connectivity index (χ4v) is 1.03. The number of hydrogen-bond acceptors (Lipinski definition) is 4. The quantitative estimate of drug-likeness (QED) is 0.416. The summed E-state index contributed by atoms with van der Waals surface area (Å²) >= 11 is 0. The molecule has 0 fully saturated rings. The van der Waals surface area contributed by atoms with Crippen LogP contribution in [-0.4, -0.2) is 32.9 Å². The van der Waals surface area contributed by atoms with E-state index < -0.39 is 21.2 Å². The van der Waals surface area contributed by atoms with Gasteiger partial charge in [-0.25, -0.2) is 0 Å². The van der Waals surface area contributed by atoms with Crippen LogP contribution in [0.3, 0.4) is 0 Å². The predicted octanol–water partition coefficient (Wildman–Crippen LogP) is 1.43. The van der Waals surface area contributed by atoms with E-state index in [2.05, 4.69) is 0 Å². The van der Waals surface area contributed by atoms with Crippen molar-refractivity contribution in [2.24, 2.45) is 0 Å². The summed E-state index contributed by atoms with van der Waals surface area (Å²) in [4.78, 5) is 19.3. The van der Waals surface area contributed by atoms with E-state index in [1.54, 1.807) is 0 Å². The topological polar surface area (TPSA) is 86.3 Å². The molecule has 0 N–H and O–H groups in total. The van der Waals surface area contributed by atoms with Crippen LogP contribution in [0.4, 0.5) is 11.4 Å². The normalized spacial score (nSPS) is 8.93. The zero-order valence-corrected chi connectivity index (χ0v) is 8.88. The Morgan fingerprint density at radius 3 is 2.07 bits per heavy atom. The van der Waals surface area contributed by atoms with Gasteiger partial charge in [-0.1, -0.05) is 12.1 Å². The number of para-hydroxylation sites is 1. The smallest absolute Gasteiger partial charge is 0.258 e. The number of nitro benzene ring substituents is 2. The van der Waals surface area contributed by atoms with Crippen LogP contribution in [0, 0.1) is 27.2 Å². The van der Waals surface area contributed by atoms with Crippen LogP contribution in [0.25, 0.3) is 0 Å². The number of nitro groups is 2. The van der Waals surface area contributed by atoms with Crippen LogP contribution in [0.15, 0.2) is 18.2 Å². The van der Waals surface area contributed by atoms with Crippen molar-refractivity contribution < 1.29 is 9.85 Å². The molecule has 0 spiro atoms. The van der Waals surface area contributed by atoms with Crippen molar-refractivity contribution in [3.63, 3.8) is 0 Å². The standard InChI is InChI=1S/C7H6N2O4.Mg/c1-5-3-2-4-6(8(10)11)7(5)9(12)13;/h2-4H,1H3;/q;+2. The summed E-state index contributed by atoms with van der Waals surface area (Å²) in [5.74, 6) is 0. The zero-order chi connectivity index (χ0) is 10.0. The first-order valence-corrected chi connectivity index (χ1v) is 3.42. The molecule has 1 aromatic rings. The summed E-state index contributed by atoms with van der Waals surface area (Å²) in [5, 5.41) is 20.8. The van der Waals surface area contributed by atoms with Crippen LogP contribution < -0.4 is 0 Å². The molecule has 68 valence electrons. The maximum absolute atomic E-state index is 10.4. The van der Waals surface area contributed by atoms with Crippen LogP contribution in [0.5, 0.6) is 0 Å². The molecule has 1 aromatic carbocycles. The zero-order valence-electron chi connectivity index (χ0n) is 7.47. The molecular weight excluding hydrogens is 200 g/mol. The largest absolute Gasteiger partial charge is 2.00 e. The van der Waals surface area contributed by atoms with Crippen LogP contribution >= 0.6 is 0 Å². The molecule has 0 radical (unpaired) electrons. The minimum absolute atomic E-state index is 0. The van der Waals surface area contributed by atoms with E-state index in [9.17, 15) is 20.2 Å². The minimum Gasteiger partial charge on any atom is -0.258 e. The van der Waals surface area contributed by atoms with E-state index in [-0.39, 0.29) is 23.1 Å². The van der Waals surface area contributed by atoms with Gasteiger partial charge >= 0.3 is 34.4 Å². The van der Waals surface area contributed by atoms with Gasteiger partial charge in [0, 0.05) is 11.6 Å². The maximum Gasteiger partial charge on any atom is 2.00 e. The molecule has 0 unspecified atom stereocenters. The van der Waals surface area contributed by atoms with Gasteiger partial charge in [0.15, 0.2) is 0 Å². The van der Waals surface area contributed by atoms with Gasteiger partial charge in [-0.2, -0.15) is 0 Å². The van der Waals surface area contributed by atoms with E-state index in [4.69, 9.17) is 0 Å². The van der Waals surface area contributed by atoms with Crippen molar-refractivity contribution in [1.82, 2.24) is 0 Å². The van der Waals surface area contributed by atoms with Gasteiger partial charge in [-0.05, 0) is 6.92 Å². The molecule has 14 heavy (non-hydrogen) atoms. The van der Waals surface area contributed by atoms with Gasteiger partial charge in [-0.15, -0.1) is 0 Å². The van der Waals surface area contributed by atoms with Gasteiger partial charge in [0.05, 0.1) is 9.85 Å². The van der Waals surface area contributed by atoms with Gasteiger partial charge in [0.25, 0.3) is 0 Å². The molecular formula is C7H6MgN2O4+2. The Bertz CT molecular complexity index is 380. The molecule has 0 bridgehead atoms. The van der Waals surface area contributed by atoms with Crippen LogP contribution in [0.2, 0.25) is 0 Å². The van der Waals surface area contributed by atoms with E-state index in [1.807, 2.05) is 0 Å². The Labute approximate surface area is 95.4 Å². The van der Waals surface area contributed by atoms with Crippen molar-refractivity contribution in [3.8, 4) is 0 Å². The summed E-state index contributed by atoms with van der Waals surface area (Å²) in [6.45, 7) is 1.46. The predicted molar refractivity (Wildman–Crippen MR) is 50.2 cm³/mol. The number of nitrogens with zero attached hydrogens (tertiary/aromatic N) is 2. The van der Waals surface area contributed by atoms with Gasteiger partial charge in [0.2, 0.25) is 0 Å². The van der Waals surface area contributed by atoms with E-state index in [1.165, 1.54) is 19.1 Å². The van der Waals surface area contributed by atoms with Crippen molar-refractivity contribution in [2.75, 3.05) is 0 Å². The molecule has 0 aliphatic carbocycles. The number of benzene rings is 1. The maximum atomic E-state index is 10.4. The van der Waals surface area contributed by atoms with Gasteiger partial charge < -0.3 is 0 Å². The van der Waals surface area contributed by atoms with Crippen LogP contribution in [0.1, 0.15) is 5.56 Å². The molecule has 1 rings (SSSR count). The van der Waals surface area contributed by atoms with Gasteiger partial charge in [-0.3, -0.25) is 20.2 Å². The molecule has 7 heteroatoms. The first-order chi connectivity index (χ1) is 6.04. The van der Waals surface area contributed by atoms with Crippen molar-refractivity contribution >= 4 is 34.4 Å². The Balaban J connectivity index is 0.00000169. The average molecular weight is 206 g/mol. The summed E-state index contributed by atoms with van der Waals surface area (Å²) in [6.07, 6.45) is 0. The van der Waals surface area contributed by atoms with Crippen molar-refractivity contribution in [2.45, 2.75) is 6.92 Å². The third kappa shape index (κ3) is 2.39. The van der Waals surface area contributed by atoms with E-state index >= 15 is 0 Å². The average Bonchev–Trinajstić information content (AvgIpc) is 2.02. The van der Waals surface area contributed by atoms with E-state index in [0.29, 0.717) is 5.56 Å². The Kier molecular flexibility index (Phi) is 4.44. The molecule has 0 aliphatic heterocycles. The number of rotatable bonds is 2. The molecule has 0 aromatic heterocycles. The molecule has 0 saturated heterocycles. The molecule has 0 aliphatic rings. The summed E-state index contributed by atoms with van der Waals surface area (Å²) in [6, 6.07) is 4.00. The van der Waals surface area contributed by atoms with Crippen LogP contribution in [-0.2, 0) is 0 Å². The molecule has 0 saturated carbocycles. The minimum atomic E-state index is -0.759. The first kappa shape index (κ1) is 12.8. The fourth-order valence-electron chi connectivity index (χ4n) is 1.03. The Hall–Kier alpha value is -1.21. The summed E-state index contributed by atoms with van der Waals surface area (Å²) in [7, 11) is 0. The molecule has 0 heterocycles. The Morgan fingerprint density at radius 1 is 1.14 bits per heavy atom. The SMILES string of the molecule is Cc1cccc([N+](=O)[O-])c1[N+](=O)[O-].[Mg+2]. The third-order valence-corrected chi connectivity index (χ3v) is 1.60. The van der Waals surface area contributed by atoms with Gasteiger partial charge in [0.1, 0.15) is 0 Å². The summed E-state index contributed by atoms with van der Waals surface area (Å²) in [5.41, 5.74) is -0.614. The number of aryl methyl sites for hydroxylation is 1. The third-order valence-electron chi connectivity index (χ3n) is 1.60. The molecule has 0 atom stereocenters. The van der Waals surface area contributed by atoms with Crippen molar-refractivity contribution in [1.29, 1.82) is 0 Å². The second-order valence-electron chi connectivity index (χ2n) is 2.46. The number of hydrogen-bond donors (Lipinski definition) is 0. The molecule has 6 nitrogen and oxygen atoms in total. The van der Waals surface area contributed by atoms with E-state index in [0.717, 1.165) is 6.07 Å². The second kappa shape index (κ2) is 4.87. The second-order valence-corrected chi connectivity index (χ2v) is 2.46. The fraction of sp³-hybridized carbons (Fsp3) is 0.143.